The summed E-state index contributed by atoms with van der Waals surface area (Å²) in [7, 11) is 0. The quantitative estimate of drug-likeness (QED) is 0.187. The summed E-state index contributed by atoms with van der Waals surface area (Å²) in [5.74, 6) is -0.373. The van der Waals surface area contributed by atoms with E-state index in [1.54, 1.807) is 0 Å². The molecule has 0 aromatic carbocycles. The number of carboxylic acids is 1. The van der Waals surface area contributed by atoms with E-state index in [1.165, 1.54) is 6.42 Å². The van der Waals surface area contributed by atoms with Gasteiger partial charge in [-0.05, 0) is 107 Å². The summed E-state index contributed by atoms with van der Waals surface area (Å²) in [5, 5.41) is 21.6. The number of amides is 1. The summed E-state index contributed by atoms with van der Waals surface area (Å²) in [6.07, 6.45) is 11.8. The van der Waals surface area contributed by atoms with E-state index in [-0.39, 0.29) is 29.3 Å². The van der Waals surface area contributed by atoms with Gasteiger partial charge in [0.05, 0.1) is 36.4 Å². The van der Waals surface area contributed by atoms with Gasteiger partial charge in [0.2, 0.25) is 5.91 Å². The third-order valence-electron chi connectivity index (χ3n) is 10.2. The molecule has 10 nitrogen and oxygen atoms in total. The number of hydrogen-bond donors (Lipinski definition) is 4. The average molecular weight is 601 g/mol. The molecule has 7 atom stereocenters. The molecule has 0 spiro atoms. The molecule has 0 radical (unpaired) electrons. The fraction of sp³-hybridized carbons (Fsp3) is 0.933. The molecule has 11 heteroatoms. The van der Waals surface area contributed by atoms with Crippen molar-refractivity contribution in [3.05, 3.63) is 0 Å². The van der Waals surface area contributed by atoms with Crippen molar-refractivity contribution in [3.8, 4) is 0 Å². The third kappa shape index (κ3) is 9.69. The van der Waals surface area contributed by atoms with Gasteiger partial charge in [-0.2, -0.15) is 5.48 Å². The molecule has 1 amide bonds. The van der Waals surface area contributed by atoms with Crippen LogP contribution in [0.25, 0.3) is 0 Å². The number of carbonyl (C=O) groups excluding carboxylic acids is 1. The Kier molecular flexibility index (Phi) is 12.9. The molecule has 4 saturated carbocycles. The number of carbonyl (C=O) groups is 2. The van der Waals surface area contributed by atoms with Crippen molar-refractivity contribution < 1.29 is 38.1 Å². The maximum Gasteiger partial charge on any atom is 0.307 e. The van der Waals surface area contributed by atoms with Gasteiger partial charge in [0.1, 0.15) is 0 Å². The lowest BCUT2D eigenvalue weighted by molar-refractivity contribution is -0.257. The Hall–Kier alpha value is -1.11. The number of hydrogen-bond acceptors (Lipinski definition) is 8. The van der Waals surface area contributed by atoms with Gasteiger partial charge in [-0.3, -0.25) is 19.0 Å². The first kappa shape index (κ1) is 32.8. The van der Waals surface area contributed by atoms with Crippen molar-refractivity contribution in [3.63, 3.8) is 0 Å². The predicted octanol–water partition coefficient (Wildman–Crippen LogP) is 4.61. The fourth-order valence-electron chi connectivity index (χ4n) is 7.52. The Labute approximate surface area is 247 Å². The first-order valence-corrected chi connectivity index (χ1v) is 17.1. The highest BCUT2D eigenvalue weighted by Crippen LogP contribution is 2.36. The van der Waals surface area contributed by atoms with Crippen LogP contribution in [0.15, 0.2) is 0 Å². The smallest absolute Gasteiger partial charge is 0.307 e. The van der Waals surface area contributed by atoms with Crippen LogP contribution >= 0.6 is 0 Å². The van der Waals surface area contributed by atoms with Crippen LogP contribution in [0.5, 0.6) is 0 Å². The van der Waals surface area contributed by atoms with Crippen LogP contribution in [-0.2, 0) is 34.6 Å². The van der Waals surface area contributed by atoms with Crippen LogP contribution in [0, 0.1) is 35.5 Å². The van der Waals surface area contributed by atoms with E-state index < -0.39 is 28.9 Å². The zero-order chi connectivity index (χ0) is 29.4. The second-order valence-corrected chi connectivity index (χ2v) is 14.8. The maximum atomic E-state index is 13.0. The molecule has 0 heterocycles. The monoisotopic (exact) mass is 600 g/mol. The second kappa shape index (κ2) is 16.1. The van der Waals surface area contributed by atoms with Crippen molar-refractivity contribution in [1.29, 1.82) is 0 Å². The summed E-state index contributed by atoms with van der Waals surface area (Å²) in [5.41, 5.74) is 3.23. The van der Waals surface area contributed by atoms with Crippen LogP contribution in [0.2, 0.25) is 0 Å². The zero-order valence-electron chi connectivity index (χ0n) is 24.8. The van der Waals surface area contributed by atoms with E-state index >= 15 is 0 Å². The molecule has 4 aliphatic carbocycles. The second-order valence-electron chi connectivity index (χ2n) is 13.4. The summed E-state index contributed by atoms with van der Waals surface area (Å²) < 4.78 is 19.0. The zero-order valence-corrected chi connectivity index (χ0v) is 25.7. The van der Waals surface area contributed by atoms with E-state index in [0.29, 0.717) is 49.7 Å². The van der Waals surface area contributed by atoms with Crippen LogP contribution in [0.4, 0.5) is 0 Å². The van der Waals surface area contributed by atoms with Crippen LogP contribution in [-0.4, -0.2) is 63.1 Å². The molecule has 4 fully saturated rings. The van der Waals surface area contributed by atoms with Crippen molar-refractivity contribution in [2.45, 2.75) is 127 Å². The van der Waals surface area contributed by atoms with Crippen molar-refractivity contribution in [2.24, 2.45) is 35.5 Å². The number of hydroxylamine groups is 1. The largest absolute Gasteiger partial charge is 0.481 e. The molecular weight excluding hydrogens is 548 g/mol. The number of nitrogens with one attached hydrogen (secondary N) is 2. The summed E-state index contributed by atoms with van der Waals surface area (Å²) in [4.78, 5) is 34.9. The minimum absolute atomic E-state index is 0.00881. The number of aliphatic carboxylic acids is 1. The molecular formula is C30H52N2O8S. The normalized spacial score (nSPS) is 39.1. The molecule has 0 saturated heterocycles. The third-order valence-corrected chi connectivity index (χ3v) is 11.7. The molecule has 0 aromatic heterocycles. The van der Waals surface area contributed by atoms with Gasteiger partial charge in [0, 0.05) is 12.1 Å². The molecule has 7 unspecified atom stereocenters. The van der Waals surface area contributed by atoms with Gasteiger partial charge in [0.15, 0.2) is 11.1 Å². The van der Waals surface area contributed by atoms with Crippen LogP contribution < -0.4 is 10.8 Å². The summed E-state index contributed by atoms with van der Waals surface area (Å²) >= 11 is -1.36. The van der Waals surface area contributed by atoms with Crippen molar-refractivity contribution >= 4 is 23.0 Å². The van der Waals surface area contributed by atoms with E-state index in [1.807, 2.05) is 0 Å². The van der Waals surface area contributed by atoms with E-state index in [0.717, 1.165) is 70.6 Å². The Morgan fingerprint density at radius 1 is 0.780 bits per heavy atom. The van der Waals surface area contributed by atoms with E-state index in [4.69, 9.17) is 14.3 Å². The maximum absolute atomic E-state index is 13.0. The van der Waals surface area contributed by atoms with Crippen LogP contribution in [0.1, 0.15) is 104 Å². The van der Waals surface area contributed by atoms with Gasteiger partial charge in [0.25, 0.3) is 0 Å². The Morgan fingerprint density at radius 2 is 1.44 bits per heavy atom. The number of carboxylic acid groups (broad SMARTS) is 1. The summed E-state index contributed by atoms with van der Waals surface area (Å²) in [6, 6.07) is 0.264. The fourth-order valence-corrected chi connectivity index (χ4v) is 8.79. The minimum atomic E-state index is -1.36. The Balaban J connectivity index is 1.10. The highest BCUT2D eigenvalue weighted by molar-refractivity contribution is 7.80. The minimum Gasteiger partial charge on any atom is -0.481 e. The van der Waals surface area contributed by atoms with Gasteiger partial charge in [-0.25, -0.2) is 9.10 Å². The van der Waals surface area contributed by atoms with Gasteiger partial charge in [-0.1, -0.05) is 20.3 Å². The van der Waals surface area contributed by atoms with Gasteiger partial charge in [-0.15, -0.1) is 0 Å². The molecule has 236 valence electrons. The topological polar surface area (TPSA) is 143 Å². The van der Waals surface area contributed by atoms with Gasteiger partial charge < -0.3 is 15.3 Å². The van der Waals surface area contributed by atoms with Crippen molar-refractivity contribution in [2.75, 3.05) is 13.2 Å². The van der Waals surface area contributed by atoms with Gasteiger partial charge >= 0.3 is 5.97 Å². The van der Waals surface area contributed by atoms with E-state index in [2.05, 4.69) is 29.5 Å². The summed E-state index contributed by atoms with van der Waals surface area (Å²) in [6.45, 7) is 5.28. The molecule has 0 bridgehead atoms. The molecule has 0 aromatic rings. The molecule has 0 aliphatic heterocycles. The average Bonchev–Trinajstić information content (AvgIpc) is 2.95. The SMILES string of the molecule is CC1CCC(CONC2CCC(OS(=O)C3CCC(NC(=O)C4CCC(C)CC4C(=O)O)CC3)CC2)C(COO)C1. The Morgan fingerprint density at radius 3 is 2.12 bits per heavy atom. The van der Waals surface area contributed by atoms with E-state index in [9.17, 15) is 18.9 Å². The predicted molar refractivity (Wildman–Crippen MR) is 155 cm³/mol. The molecule has 4 rings (SSSR count). The first-order valence-electron chi connectivity index (χ1n) is 16.0. The number of rotatable bonds is 12. The molecule has 4 aliphatic rings. The highest BCUT2D eigenvalue weighted by Gasteiger charge is 2.39. The molecule has 4 N–H and O–H groups in total. The lowest BCUT2D eigenvalue weighted by atomic mass is 9.74. The Bertz CT molecular complexity index is 861. The lowest BCUT2D eigenvalue weighted by Gasteiger charge is -2.35. The lowest BCUT2D eigenvalue weighted by Crippen LogP contribution is -2.46. The van der Waals surface area contributed by atoms with Crippen LogP contribution in [0.3, 0.4) is 0 Å². The molecule has 41 heavy (non-hydrogen) atoms. The highest BCUT2D eigenvalue weighted by atomic mass is 32.2. The van der Waals surface area contributed by atoms with Crippen molar-refractivity contribution in [1.82, 2.24) is 10.8 Å². The first-order chi connectivity index (χ1) is 19.7. The standard InChI is InChI=1S/C30H52N2O8S/c1-19-3-5-21(22(15-19)18-39-36)17-38-32-24-6-10-25(11-7-24)40-41(37)26-12-8-23(9-13-26)31-29(33)27-14-4-20(2)16-28(27)30(34)35/h19-28,32,36H,3-18H2,1-2H3,(H,31,33)(H,34,35).